The molecule has 0 saturated carbocycles. The first-order valence-corrected chi connectivity index (χ1v) is 3.66. The minimum atomic E-state index is 0.235. The zero-order chi connectivity index (χ0) is 7.68. The fourth-order valence-electron chi connectivity index (χ4n) is 1.09. The normalized spacial score (nSPS) is 21.4. The van der Waals surface area contributed by atoms with Crippen molar-refractivity contribution in [3.05, 3.63) is 24.0 Å². The molecule has 2 rings (SSSR count). The van der Waals surface area contributed by atoms with Gasteiger partial charge in [0, 0.05) is 13.2 Å². The average molecular weight is 150 g/mol. The molecule has 11 heavy (non-hydrogen) atoms. The van der Waals surface area contributed by atoms with Gasteiger partial charge < -0.3 is 10.1 Å². The second-order valence-electron chi connectivity index (χ2n) is 2.51. The Morgan fingerprint density at radius 2 is 2.55 bits per heavy atom. The van der Waals surface area contributed by atoms with Crippen molar-refractivity contribution >= 4 is 5.69 Å². The molecule has 58 valence electrons. The number of rotatable bonds is 2. The molecule has 1 aliphatic heterocycles. The summed E-state index contributed by atoms with van der Waals surface area (Å²) in [5.41, 5.74) is 2.09. The summed E-state index contributed by atoms with van der Waals surface area (Å²) in [7, 11) is 1.89. The predicted molar refractivity (Wildman–Crippen MR) is 42.5 cm³/mol. The highest BCUT2D eigenvalue weighted by Crippen LogP contribution is 2.32. The molecule has 1 unspecified atom stereocenters. The SMILES string of the molecule is CNc1cccnc1C1CO1. The Morgan fingerprint density at radius 3 is 3.18 bits per heavy atom. The first-order valence-electron chi connectivity index (χ1n) is 3.66. The number of nitrogens with zero attached hydrogens (tertiary/aromatic N) is 1. The van der Waals surface area contributed by atoms with Gasteiger partial charge in [0.15, 0.2) is 0 Å². The second-order valence-corrected chi connectivity index (χ2v) is 2.51. The van der Waals surface area contributed by atoms with Crippen LogP contribution in [0.5, 0.6) is 0 Å². The Morgan fingerprint density at radius 1 is 1.73 bits per heavy atom. The van der Waals surface area contributed by atoms with Crippen LogP contribution in [0.3, 0.4) is 0 Å². The number of ether oxygens (including phenoxy) is 1. The van der Waals surface area contributed by atoms with E-state index in [1.54, 1.807) is 6.20 Å². The highest BCUT2D eigenvalue weighted by Gasteiger charge is 2.28. The van der Waals surface area contributed by atoms with Crippen LogP contribution < -0.4 is 5.32 Å². The monoisotopic (exact) mass is 150 g/mol. The second kappa shape index (κ2) is 2.51. The third-order valence-corrected chi connectivity index (χ3v) is 1.75. The lowest BCUT2D eigenvalue weighted by Crippen LogP contribution is -1.96. The Bertz CT molecular complexity index is 258. The maximum Gasteiger partial charge on any atom is 0.125 e. The molecule has 1 fully saturated rings. The topological polar surface area (TPSA) is 37.5 Å². The van der Waals surface area contributed by atoms with E-state index in [0.29, 0.717) is 0 Å². The number of hydrogen-bond acceptors (Lipinski definition) is 3. The Labute approximate surface area is 65.4 Å². The van der Waals surface area contributed by atoms with Crippen molar-refractivity contribution < 1.29 is 4.74 Å². The van der Waals surface area contributed by atoms with E-state index in [9.17, 15) is 0 Å². The fourth-order valence-corrected chi connectivity index (χ4v) is 1.09. The van der Waals surface area contributed by atoms with Gasteiger partial charge in [-0.3, -0.25) is 4.98 Å². The standard InChI is InChI=1S/C8H10N2O/c1-9-6-3-2-4-10-8(6)7-5-11-7/h2-4,7,9H,5H2,1H3. The lowest BCUT2D eigenvalue weighted by molar-refractivity contribution is 0.412. The van der Waals surface area contributed by atoms with Gasteiger partial charge in [0.2, 0.25) is 0 Å². The smallest absolute Gasteiger partial charge is 0.125 e. The van der Waals surface area contributed by atoms with Gasteiger partial charge in [0.25, 0.3) is 0 Å². The van der Waals surface area contributed by atoms with Crippen LogP contribution in [0.25, 0.3) is 0 Å². The first-order chi connectivity index (χ1) is 5.42. The van der Waals surface area contributed by atoms with Gasteiger partial charge in [-0.2, -0.15) is 0 Å². The van der Waals surface area contributed by atoms with Crippen LogP contribution in [0, 0.1) is 0 Å². The van der Waals surface area contributed by atoms with Crippen LogP contribution in [0.15, 0.2) is 18.3 Å². The van der Waals surface area contributed by atoms with Gasteiger partial charge in [-0.1, -0.05) is 0 Å². The van der Waals surface area contributed by atoms with Gasteiger partial charge in [0.1, 0.15) is 6.10 Å². The molecule has 0 radical (unpaired) electrons. The van der Waals surface area contributed by atoms with Gasteiger partial charge in [-0.15, -0.1) is 0 Å². The van der Waals surface area contributed by atoms with Crippen LogP contribution in [-0.2, 0) is 4.74 Å². The van der Waals surface area contributed by atoms with Crippen molar-refractivity contribution in [1.82, 2.24) is 4.98 Å². The highest BCUT2D eigenvalue weighted by atomic mass is 16.6. The molecule has 1 aromatic heterocycles. The Kier molecular flexibility index (Phi) is 1.51. The lowest BCUT2D eigenvalue weighted by Gasteiger charge is -2.03. The average Bonchev–Trinajstić information content (AvgIpc) is 2.87. The third-order valence-electron chi connectivity index (χ3n) is 1.75. The summed E-state index contributed by atoms with van der Waals surface area (Å²) in [6, 6.07) is 3.92. The van der Waals surface area contributed by atoms with Crippen LogP contribution >= 0.6 is 0 Å². The van der Waals surface area contributed by atoms with Gasteiger partial charge in [-0.05, 0) is 12.1 Å². The maximum atomic E-state index is 5.13. The van der Waals surface area contributed by atoms with Crippen molar-refractivity contribution in [2.45, 2.75) is 6.10 Å². The molecule has 1 aliphatic rings. The Balaban J connectivity index is 2.34. The largest absolute Gasteiger partial charge is 0.387 e. The summed E-state index contributed by atoms with van der Waals surface area (Å²) in [5, 5.41) is 3.07. The lowest BCUT2D eigenvalue weighted by atomic mass is 10.2. The summed E-state index contributed by atoms with van der Waals surface area (Å²) in [4.78, 5) is 4.22. The van der Waals surface area contributed by atoms with Crippen molar-refractivity contribution in [2.24, 2.45) is 0 Å². The molecule has 0 amide bonds. The van der Waals surface area contributed by atoms with E-state index >= 15 is 0 Å². The van der Waals surface area contributed by atoms with E-state index in [1.165, 1.54) is 0 Å². The summed E-state index contributed by atoms with van der Waals surface area (Å²) in [5.74, 6) is 0. The Hall–Kier alpha value is -1.09. The van der Waals surface area contributed by atoms with Crippen LogP contribution in [-0.4, -0.2) is 18.6 Å². The minimum absolute atomic E-state index is 0.235. The summed E-state index contributed by atoms with van der Waals surface area (Å²) in [6.07, 6.45) is 2.02. The number of pyridine rings is 1. The van der Waals surface area contributed by atoms with Gasteiger partial charge in [-0.25, -0.2) is 0 Å². The van der Waals surface area contributed by atoms with Crippen molar-refractivity contribution in [2.75, 3.05) is 19.0 Å². The summed E-state index contributed by atoms with van der Waals surface area (Å²) >= 11 is 0. The van der Waals surface area contributed by atoms with E-state index in [2.05, 4.69) is 10.3 Å². The predicted octanol–water partition coefficient (Wildman–Crippen LogP) is 1.19. The number of aromatic nitrogens is 1. The van der Waals surface area contributed by atoms with Crippen molar-refractivity contribution in [3.8, 4) is 0 Å². The number of hydrogen-bond donors (Lipinski definition) is 1. The molecule has 3 heteroatoms. The molecular weight excluding hydrogens is 140 g/mol. The molecule has 0 spiro atoms. The third kappa shape index (κ3) is 1.19. The van der Waals surface area contributed by atoms with Crippen molar-refractivity contribution in [1.29, 1.82) is 0 Å². The number of nitrogens with one attached hydrogen (secondary N) is 1. The molecule has 1 aromatic rings. The molecule has 2 heterocycles. The quantitative estimate of drug-likeness (QED) is 0.643. The summed E-state index contributed by atoms with van der Waals surface area (Å²) < 4.78 is 5.13. The molecule has 0 aromatic carbocycles. The summed E-state index contributed by atoms with van der Waals surface area (Å²) in [6.45, 7) is 0.811. The van der Waals surface area contributed by atoms with Gasteiger partial charge >= 0.3 is 0 Å². The first kappa shape index (κ1) is 6.61. The molecule has 1 saturated heterocycles. The fraction of sp³-hybridized carbons (Fsp3) is 0.375. The highest BCUT2D eigenvalue weighted by molar-refractivity contribution is 5.48. The number of epoxide rings is 1. The number of anilines is 1. The van der Waals surface area contributed by atoms with E-state index in [0.717, 1.165) is 18.0 Å². The van der Waals surface area contributed by atoms with Crippen LogP contribution in [0.1, 0.15) is 11.8 Å². The van der Waals surface area contributed by atoms with E-state index in [-0.39, 0.29) is 6.10 Å². The van der Waals surface area contributed by atoms with Crippen LogP contribution in [0.2, 0.25) is 0 Å². The molecule has 0 bridgehead atoms. The zero-order valence-electron chi connectivity index (χ0n) is 6.37. The minimum Gasteiger partial charge on any atom is -0.387 e. The maximum absolute atomic E-state index is 5.13. The molecule has 0 aliphatic carbocycles. The van der Waals surface area contributed by atoms with E-state index in [1.807, 2.05) is 19.2 Å². The van der Waals surface area contributed by atoms with Gasteiger partial charge in [0.05, 0.1) is 18.0 Å². The molecular formula is C8H10N2O. The van der Waals surface area contributed by atoms with Crippen molar-refractivity contribution in [3.63, 3.8) is 0 Å². The van der Waals surface area contributed by atoms with Crippen LogP contribution in [0.4, 0.5) is 5.69 Å². The van der Waals surface area contributed by atoms with E-state index < -0.39 is 0 Å². The molecule has 1 N–H and O–H groups in total. The van der Waals surface area contributed by atoms with E-state index in [4.69, 9.17) is 4.74 Å². The molecule has 1 atom stereocenters. The zero-order valence-corrected chi connectivity index (χ0v) is 6.37. The molecule has 3 nitrogen and oxygen atoms in total.